The van der Waals surface area contributed by atoms with Crippen molar-refractivity contribution in [3.05, 3.63) is 32.6 Å². The van der Waals surface area contributed by atoms with E-state index in [1.165, 1.54) is 10.8 Å². The molecule has 0 radical (unpaired) electrons. The van der Waals surface area contributed by atoms with Gasteiger partial charge in [-0.3, -0.25) is 14.3 Å². The summed E-state index contributed by atoms with van der Waals surface area (Å²) in [4.78, 5) is 38.3. The van der Waals surface area contributed by atoms with Gasteiger partial charge in [-0.2, -0.15) is 0 Å². The maximum absolute atomic E-state index is 12.4. The molecule has 0 amide bonds. The van der Waals surface area contributed by atoms with Crippen molar-refractivity contribution in [3.63, 3.8) is 0 Å². The predicted molar refractivity (Wildman–Crippen MR) is 90.8 cm³/mol. The van der Waals surface area contributed by atoms with Gasteiger partial charge in [-0.25, -0.2) is 4.79 Å². The number of hydrogen-bond acceptors (Lipinski definition) is 6. The summed E-state index contributed by atoms with van der Waals surface area (Å²) >= 11 is 0. The monoisotopic (exact) mass is 364 g/mol. The van der Waals surface area contributed by atoms with Crippen LogP contribution in [0, 0.1) is 6.92 Å². The molecule has 142 valence electrons. The summed E-state index contributed by atoms with van der Waals surface area (Å²) in [7, 11) is 0. The summed E-state index contributed by atoms with van der Waals surface area (Å²) in [5, 5.41) is 0. The zero-order valence-corrected chi connectivity index (χ0v) is 15.0. The van der Waals surface area contributed by atoms with E-state index >= 15 is 0 Å². The Hall–Kier alpha value is -1.77. The first kappa shape index (κ1) is 17.6. The van der Waals surface area contributed by atoms with Gasteiger partial charge < -0.3 is 19.0 Å². The Balaban J connectivity index is 1.77. The smallest absolute Gasteiger partial charge is 0.330 e. The number of aldehydes is 1. The normalized spacial score (nSPS) is 35.5. The third kappa shape index (κ3) is 2.51. The van der Waals surface area contributed by atoms with Crippen LogP contribution in [0.25, 0.3) is 0 Å². The molecule has 8 nitrogen and oxygen atoms in total. The highest BCUT2D eigenvalue weighted by Crippen LogP contribution is 2.52. The van der Waals surface area contributed by atoms with E-state index in [9.17, 15) is 14.4 Å². The van der Waals surface area contributed by atoms with Gasteiger partial charge in [-0.15, -0.1) is 0 Å². The molecule has 4 atom stereocenters. The third-order valence-electron chi connectivity index (χ3n) is 5.88. The van der Waals surface area contributed by atoms with E-state index in [1.54, 1.807) is 6.92 Å². The molecule has 1 N–H and O–H groups in total. The molecule has 3 heterocycles. The van der Waals surface area contributed by atoms with Crippen LogP contribution in [-0.4, -0.2) is 39.4 Å². The molecular weight excluding hydrogens is 340 g/mol. The number of aromatic amines is 1. The fourth-order valence-corrected chi connectivity index (χ4v) is 4.36. The Morgan fingerprint density at radius 1 is 1.23 bits per heavy atom. The van der Waals surface area contributed by atoms with E-state index in [0.29, 0.717) is 12.0 Å². The van der Waals surface area contributed by atoms with Crippen molar-refractivity contribution in [1.29, 1.82) is 0 Å². The Bertz CT molecular complexity index is 824. The summed E-state index contributed by atoms with van der Waals surface area (Å²) < 4.78 is 19.9. The van der Waals surface area contributed by atoms with E-state index in [1.807, 2.05) is 6.92 Å². The SMILES string of the molecule is CC[C@@]1(C=O)O[C@@H](n2cc(C)c(=O)[nH]c2=O)[C@H]2OC3(CCCCC3)OC21. The minimum Gasteiger partial charge on any atom is -0.340 e. The lowest BCUT2D eigenvalue weighted by atomic mass is 9.93. The zero-order valence-electron chi connectivity index (χ0n) is 15.0. The average Bonchev–Trinajstić information content (AvgIpc) is 3.13. The van der Waals surface area contributed by atoms with Gasteiger partial charge in [0.15, 0.2) is 23.9 Å². The van der Waals surface area contributed by atoms with Crippen LogP contribution >= 0.6 is 0 Å². The minimum absolute atomic E-state index is 0.385. The lowest BCUT2D eigenvalue weighted by Gasteiger charge is -2.36. The van der Waals surface area contributed by atoms with Gasteiger partial charge >= 0.3 is 5.69 Å². The fraction of sp³-hybridized carbons (Fsp3) is 0.722. The van der Waals surface area contributed by atoms with Crippen LogP contribution in [0.2, 0.25) is 0 Å². The van der Waals surface area contributed by atoms with Crippen molar-refractivity contribution in [2.24, 2.45) is 0 Å². The van der Waals surface area contributed by atoms with Gasteiger partial charge in [0.1, 0.15) is 12.2 Å². The van der Waals surface area contributed by atoms with Crippen LogP contribution in [0.15, 0.2) is 15.8 Å². The van der Waals surface area contributed by atoms with Gasteiger partial charge in [0.05, 0.1) is 0 Å². The molecule has 0 aromatic carbocycles. The van der Waals surface area contributed by atoms with Gasteiger partial charge in [0, 0.05) is 24.6 Å². The second-order valence-electron chi connectivity index (χ2n) is 7.51. The molecule has 0 bridgehead atoms. The lowest BCUT2D eigenvalue weighted by Crippen LogP contribution is -2.45. The number of hydrogen-bond donors (Lipinski definition) is 1. The fourth-order valence-electron chi connectivity index (χ4n) is 4.36. The van der Waals surface area contributed by atoms with Crippen LogP contribution in [0.3, 0.4) is 0 Å². The lowest BCUT2D eigenvalue weighted by molar-refractivity contribution is -0.243. The Kier molecular flexibility index (Phi) is 4.17. The number of H-pyrrole nitrogens is 1. The van der Waals surface area contributed by atoms with Crippen LogP contribution in [0.4, 0.5) is 0 Å². The maximum Gasteiger partial charge on any atom is 0.330 e. The molecule has 1 aromatic heterocycles. The number of nitrogens with zero attached hydrogens (tertiary/aromatic N) is 1. The van der Waals surface area contributed by atoms with Crippen molar-refractivity contribution in [2.45, 2.75) is 82.2 Å². The Morgan fingerprint density at radius 3 is 2.62 bits per heavy atom. The molecule has 8 heteroatoms. The number of rotatable bonds is 3. The van der Waals surface area contributed by atoms with Gasteiger partial charge in [-0.05, 0) is 26.2 Å². The second-order valence-corrected chi connectivity index (χ2v) is 7.51. The minimum atomic E-state index is -1.17. The molecule has 2 saturated heterocycles. The topological polar surface area (TPSA) is 99.6 Å². The first-order valence-corrected chi connectivity index (χ1v) is 9.25. The molecule has 1 saturated carbocycles. The number of aromatic nitrogens is 2. The summed E-state index contributed by atoms with van der Waals surface area (Å²) in [6.07, 6.45) is 5.32. The number of carbonyl (C=O) groups excluding carboxylic acids is 1. The second kappa shape index (κ2) is 6.14. The number of ether oxygens (including phenoxy) is 3. The highest BCUT2D eigenvalue weighted by atomic mass is 16.8. The van der Waals surface area contributed by atoms with Crippen LogP contribution in [0.1, 0.15) is 57.2 Å². The zero-order chi connectivity index (χ0) is 18.5. The molecule has 2 aliphatic heterocycles. The van der Waals surface area contributed by atoms with Crippen molar-refractivity contribution >= 4 is 6.29 Å². The largest absolute Gasteiger partial charge is 0.340 e. The molecular formula is C18H24N2O6. The summed E-state index contributed by atoms with van der Waals surface area (Å²) in [5.74, 6) is -0.708. The van der Waals surface area contributed by atoms with Crippen molar-refractivity contribution in [3.8, 4) is 0 Å². The molecule has 1 aromatic rings. The predicted octanol–water partition coefficient (Wildman–Crippen LogP) is 1.17. The maximum atomic E-state index is 12.4. The molecule has 3 aliphatic rings. The van der Waals surface area contributed by atoms with Crippen LogP contribution in [-0.2, 0) is 19.0 Å². The number of fused-ring (bicyclic) bond motifs is 1. The Morgan fingerprint density at radius 2 is 1.96 bits per heavy atom. The van der Waals surface area contributed by atoms with Crippen molar-refractivity contribution in [1.82, 2.24) is 9.55 Å². The number of aryl methyl sites for hydroxylation is 1. The number of nitrogens with one attached hydrogen (secondary N) is 1. The van der Waals surface area contributed by atoms with Gasteiger partial charge in [0.2, 0.25) is 0 Å². The molecule has 26 heavy (non-hydrogen) atoms. The van der Waals surface area contributed by atoms with Crippen LogP contribution in [0.5, 0.6) is 0 Å². The molecule has 1 unspecified atom stereocenters. The molecule has 3 fully saturated rings. The van der Waals surface area contributed by atoms with E-state index in [2.05, 4.69) is 4.98 Å². The van der Waals surface area contributed by atoms with Crippen molar-refractivity contribution < 1.29 is 19.0 Å². The van der Waals surface area contributed by atoms with E-state index in [0.717, 1.165) is 38.4 Å². The summed E-state index contributed by atoms with van der Waals surface area (Å²) in [6.45, 7) is 3.46. The highest BCUT2D eigenvalue weighted by molar-refractivity contribution is 5.65. The average molecular weight is 364 g/mol. The van der Waals surface area contributed by atoms with Gasteiger partial charge in [0.25, 0.3) is 5.56 Å². The third-order valence-corrected chi connectivity index (χ3v) is 5.88. The van der Waals surface area contributed by atoms with Crippen LogP contribution < -0.4 is 11.2 Å². The van der Waals surface area contributed by atoms with Gasteiger partial charge in [-0.1, -0.05) is 13.3 Å². The highest BCUT2D eigenvalue weighted by Gasteiger charge is 2.65. The first-order chi connectivity index (χ1) is 12.4. The van der Waals surface area contributed by atoms with E-state index in [4.69, 9.17) is 14.2 Å². The van der Waals surface area contributed by atoms with E-state index in [-0.39, 0.29) is 0 Å². The van der Waals surface area contributed by atoms with E-state index < -0.39 is 41.1 Å². The standard InChI is InChI=1S/C18H24N2O6/c1-3-17(10-21)13-12(24-18(25-13)7-5-4-6-8-18)15(26-17)20-9-11(2)14(22)19-16(20)23/h9-10,12-13,15H,3-8H2,1-2H3,(H,19,22,23)/t12-,13?,15+,17-/m0/s1. The quantitative estimate of drug-likeness (QED) is 0.808. The number of carbonyl (C=O) groups is 1. The first-order valence-electron chi connectivity index (χ1n) is 9.25. The molecule has 1 aliphatic carbocycles. The summed E-state index contributed by atoms with van der Waals surface area (Å²) in [5.41, 5.74) is -1.81. The summed E-state index contributed by atoms with van der Waals surface area (Å²) in [6, 6.07) is 0. The van der Waals surface area contributed by atoms with Crippen molar-refractivity contribution in [2.75, 3.05) is 0 Å². The molecule has 4 rings (SSSR count). The molecule has 1 spiro atoms. The Labute approximate surface area is 150 Å².